The van der Waals surface area contributed by atoms with Crippen LogP contribution >= 0.6 is 0 Å². The minimum Gasteiger partial charge on any atom is -0.409 e. The zero-order valence-electron chi connectivity index (χ0n) is 20.1. The van der Waals surface area contributed by atoms with Crippen molar-refractivity contribution in [1.29, 1.82) is 0 Å². The van der Waals surface area contributed by atoms with Gasteiger partial charge in [0.05, 0.1) is 25.1 Å². The van der Waals surface area contributed by atoms with Crippen molar-refractivity contribution in [3.8, 4) is 0 Å². The summed E-state index contributed by atoms with van der Waals surface area (Å²) < 4.78 is 14.6. The molecule has 10 nitrogen and oxygen atoms in total. The number of anilines is 1. The summed E-state index contributed by atoms with van der Waals surface area (Å²) >= 11 is 0. The van der Waals surface area contributed by atoms with Gasteiger partial charge in [-0.1, -0.05) is 41.5 Å². The van der Waals surface area contributed by atoms with E-state index in [-0.39, 0.29) is 52.6 Å². The van der Waals surface area contributed by atoms with Gasteiger partial charge in [-0.05, 0) is 18.1 Å². The highest BCUT2D eigenvalue weighted by Crippen LogP contribution is 2.44. The minimum absolute atomic E-state index is 0.0186. The quantitative estimate of drug-likeness (QED) is 0.559. The molecule has 1 amide bonds. The van der Waals surface area contributed by atoms with Crippen molar-refractivity contribution in [1.82, 2.24) is 19.5 Å². The fourth-order valence-corrected chi connectivity index (χ4v) is 4.76. The van der Waals surface area contributed by atoms with Gasteiger partial charge in [0.25, 0.3) is 5.56 Å². The maximum Gasteiger partial charge on any atom is 0.280 e. The maximum absolute atomic E-state index is 12.6. The van der Waals surface area contributed by atoms with Crippen molar-refractivity contribution in [2.75, 3.05) is 11.9 Å². The molecule has 3 N–H and O–H groups in total. The van der Waals surface area contributed by atoms with E-state index in [1.807, 2.05) is 6.92 Å². The molecular weight excluding hydrogens is 430 g/mol. The van der Waals surface area contributed by atoms with E-state index in [9.17, 15) is 14.7 Å². The van der Waals surface area contributed by atoms with Crippen LogP contribution in [0.2, 0.25) is 18.1 Å². The van der Waals surface area contributed by atoms with Crippen LogP contribution in [0.3, 0.4) is 0 Å². The molecule has 1 fully saturated rings. The van der Waals surface area contributed by atoms with Crippen LogP contribution in [0.15, 0.2) is 11.1 Å². The Morgan fingerprint density at radius 1 is 1.41 bits per heavy atom. The van der Waals surface area contributed by atoms with Crippen LogP contribution in [0, 0.1) is 11.8 Å². The van der Waals surface area contributed by atoms with Crippen LogP contribution in [0.1, 0.15) is 47.8 Å². The van der Waals surface area contributed by atoms with Crippen LogP contribution in [-0.4, -0.2) is 57.7 Å². The molecule has 1 unspecified atom stereocenters. The third-order valence-corrected chi connectivity index (χ3v) is 11.1. The van der Waals surface area contributed by atoms with Crippen molar-refractivity contribution in [2.45, 2.75) is 78.1 Å². The van der Waals surface area contributed by atoms with Crippen LogP contribution in [0.5, 0.6) is 0 Å². The number of hydrogen-bond donors (Lipinski definition) is 3. The molecule has 0 spiro atoms. The largest absolute Gasteiger partial charge is 0.409 e. The third kappa shape index (κ3) is 4.52. The van der Waals surface area contributed by atoms with Gasteiger partial charge >= 0.3 is 0 Å². The number of rotatable bonds is 6. The zero-order valence-corrected chi connectivity index (χ0v) is 21.1. The smallest absolute Gasteiger partial charge is 0.280 e. The summed E-state index contributed by atoms with van der Waals surface area (Å²) in [5, 5.41) is 12.5. The number of aliphatic hydroxyl groups excluding tert-OH is 1. The van der Waals surface area contributed by atoms with Gasteiger partial charge in [-0.3, -0.25) is 24.5 Å². The van der Waals surface area contributed by atoms with E-state index in [4.69, 9.17) is 9.16 Å². The molecule has 11 heteroatoms. The normalized spacial score (nSPS) is 24.4. The summed E-state index contributed by atoms with van der Waals surface area (Å²) in [6, 6.07) is 0. The highest BCUT2D eigenvalue weighted by Gasteiger charge is 2.49. The van der Waals surface area contributed by atoms with E-state index < -0.39 is 26.2 Å². The number of hydrogen-bond acceptors (Lipinski definition) is 7. The van der Waals surface area contributed by atoms with Crippen LogP contribution < -0.4 is 10.9 Å². The lowest BCUT2D eigenvalue weighted by Crippen LogP contribution is -2.46. The van der Waals surface area contributed by atoms with Gasteiger partial charge in [-0.15, -0.1) is 0 Å². The fourth-order valence-electron chi connectivity index (χ4n) is 3.40. The summed E-state index contributed by atoms with van der Waals surface area (Å²) in [4.78, 5) is 35.9. The number of amides is 1. The van der Waals surface area contributed by atoms with E-state index in [2.05, 4.69) is 54.1 Å². The van der Waals surface area contributed by atoms with Crippen LogP contribution in [-0.2, 0) is 14.0 Å². The summed E-state index contributed by atoms with van der Waals surface area (Å²) in [6.07, 6.45) is 0.0962. The monoisotopic (exact) mass is 465 g/mol. The summed E-state index contributed by atoms with van der Waals surface area (Å²) in [7, 11) is -2.17. The van der Waals surface area contributed by atoms with Crippen LogP contribution in [0.25, 0.3) is 11.2 Å². The Balaban J connectivity index is 2.05. The Kier molecular flexibility index (Phi) is 6.67. The lowest BCUT2D eigenvalue weighted by atomic mass is 10.0. The average Bonchev–Trinajstić information content (AvgIpc) is 3.22. The molecule has 3 rings (SSSR count). The van der Waals surface area contributed by atoms with Gasteiger partial charge in [0.15, 0.2) is 25.7 Å². The molecule has 1 aliphatic rings. The molecule has 1 saturated heterocycles. The number of aliphatic hydroxyl groups is 1. The van der Waals surface area contributed by atoms with Crippen molar-refractivity contribution in [3.63, 3.8) is 0 Å². The average molecular weight is 466 g/mol. The predicted molar refractivity (Wildman–Crippen MR) is 124 cm³/mol. The summed E-state index contributed by atoms with van der Waals surface area (Å²) in [5.41, 5.74) is -0.0332. The molecule has 0 aliphatic carbocycles. The first kappa shape index (κ1) is 24.6. The molecule has 0 bridgehead atoms. The highest BCUT2D eigenvalue weighted by atomic mass is 28.4. The molecule has 0 radical (unpaired) electrons. The number of aromatic nitrogens is 4. The highest BCUT2D eigenvalue weighted by molar-refractivity contribution is 6.74. The Labute approximate surface area is 188 Å². The first-order valence-electron chi connectivity index (χ1n) is 11.0. The van der Waals surface area contributed by atoms with Gasteiger partial charge in [-0.2, -0.15) is 4.98 Å². The van der Waals surface area contributed by atoms with Crippen LogP contribution in [0.4, 0.5) is 5.95 Å². The standard InChI is InChI=1S/C21H35N5O5Si/c1-11(2)17(28)24-20-23-16-14(18(29)25-20)22-10-26(16)19-15(12(3)13(9-27)30-19)31-32(7,8)21(4,5)6/h10-13,15,19,27H,9H2,1-8H3,(H2,23,24,25,28,29)/t12?,13-,15+,19-/m1/s1. The molecule has 2 aromatic heterocycles. The van der Waals surface area contributed by atoms with E-state index in [1.165, 1.54) is 6.33 Å². The van der Waals surface area contributed by atoms with E-state index >= 15 is 0 Å². The number of carbonyl (C=O) groups excluding carboxylic acids is 1. The summed E-state index contributed by atoms with van der Waals surface area (Å²) in [6.45, 7) is 16.2. The second-order valence-corrected chi connectivity index (χ2v) is 15.1. The second kappa shape index (κ2) is 8.69. The first-order valence-corrected chi connectivity index (χ1v) is 13.9. The molecular formula is C21H35N5O5Si. The predicted octanol–water partition coefficient (Wildman–Crippen LogP) is 2.63. The Hall–Kier alpha value is -2.08. The molecule has 2 aromatic rings. The number of nitrogens with zero attached hydrogens (tertiary/aromatic N) is 3. The first-order chi connectivity index (χ1) is 14.8. The van der Waals surface area contributed by atoms with Gasteiger partial charge < -0.3 is 14.3 Å². The molecule has 3 heterocycles. The Morgan fingerprint density at radius 2 is 2.06 bits per heavy atom. The number of ether oxygens (including phenoxy) is 1. The van der Waals surface area contributed by atoms with Crippen molar-refractivity contribution in [2.24, 2.45) is 11.8 Å². The molecule has 1 aliphatic heterocycles. The lowest BCUT2D eigenvalue weighted by molar-refractivity contribution is -0.118. The SMILES string of the molecule is CC(C)C(=O)Nc1nc2c(ncn2[C@@H]2O[C@H](CO)C(C)[C@@H]2O[Si](C)(C)C(C)(C)C)c(=O)[nH]1. The minimum atomic E-state index is -2.17. The van der Waals surface area contributed by atoms with E-state index in [0.29, 0.717) is 0 Å². The maximum atomic E-state index is 12.6. The number of aromatic amines is 1. The zero-order chi connectivity index (χ0) is 24.0. The Bertz CT molecular complexity index is 1040. The molecule has 0 aromatic carbocycles. The third-order valence-electron chi connectivity index (χ3n) is 6.59. The van der Waals surface area contributed by atoms with Crippen molar-refractivity contribution >= 4 is 31.3 Å². The number of nitrogens with one attached hydrogen (secondary N) is 2. The van der Waals surface area contributed by atoms with E-state index in [1.54, 1.807) is 18.4 Å². The number of fused-ring (bicyclic) bond motifs is 1. The molecule has 0 saturated carbocycles. The number of imidazole rings is 1. The molecule has 178 valence electrons. The molecule has 4 atom stereocenters. The van der Waals surface area contributed by atoms with Crippen molar-refractivity contribution in [3.05, 3.63) is 16.7 Å². The topological polar surface area (TPSA) is 131 Å². The summed E-state index contributed by atoms with van der Waals surface area (Å²) in [5.74, 6) is -0.565. The number of H-pyrrole nitrogens is 1. The Morgan fingerprint density at radius 3 is 2.62 bits per heavy atom. The van der Waals surface area contributed by atoms with Gasteiger partial charge in [0.1, 0.15) is 0 Å². The number of carbonyl (C=O) groups is 1. The van der Waals surface area contributed by atoms with Gasteiger partial charge in [-0.25, -0.2) is 4.98 Å². The van der Waals surface area contributed by atoms with Crippen molar-refractivity contribution < 1.29 is 19.1 Å². The van der Waals surface area contributed by atoms with Gasteiger partial charge in [0.2, 0.25) is 11.9 Å². The second-order valence-electron chi connectivity index (χ2n) is 10.3. The van der Waals surface area contributed by atoms with E-state index in [0.717, 1.165) is 0 Å². The fraction of sp³-hybridized carbons (Fsp3) is 0.714. The lowest BCUT2D eigenvalue weighted by Gasteiger charge is -2.40. The van der Waals surface area contributed by atoms with Gasteiger partial charge in [0, 0.05) is 11.8 Å². The molecule has 32 heavy (non-hydrogen) atoms.